The highest BCUT2D eigenvalue weighted by Gasteiger charge is 2.04. The molecular formula is C20H22N2O4. The second-order valence-electron chi connectivity index (χ2n) is 5.47. The Morgan fingerprint density at radius 1 is 1.00 bits per heavy atom. The molecule has 2 rings (SSSR count). The van der Waals surface area contributed by atoms with Crippen molar-refractivity contribution in [3.05, 3.63) is 65.2 Å². The van der Waals surface area contributed by atoms with Crippen LogP contribution in [0.1, 0.15) is 21.5 Å². The van der Waals surface area contributed by atoms with Crippen LogP contribution in [0.25, 0.3) is 6.08 Å². The highest BCUT2D eigenvalue weighted by molar-refractivity contribution is 5.94. The van der Waals surface area contributed by atoms with Crippen LogP contribution in [0.15, 0.2) is 48.5 Å². The molecule has 2 N–H and O–H groups in total. The standard InChI is InChI=1S/C20H22N2O4/c1-21-20(24)16-7-4-14(5-8-16)6-9-19(23)22-13-15-10-17(25-2)12-18(11-15)26-3/h4-12H,13H2,1-3H3,(H,21,24)(H,22,23)/b9-6+. The van der Waals surface area contributed by atoms with Crippen molar-refractivity contribution < 1.29 is 19.1 Å². The van der Waals surface area contributed by atoms with E-state index in [4.69, 9.17) is 9.47 Å². The Morgan fingerprint density at radius 3 is 2.15 bits per heavy atom. The Bertz CT molecular complexity index is 776. The lowest BCUT2D eigenvalue weighted by atomic mass is 10.1. The first-order chi connectivity index (χ1) is 12.5. The molecule has 6 nitrogen and oxygen atoms in total. The minimum atomic E-state index is -0.220. The summed E-state index contributed by atoms with van der Waals surface area (Å²) in [5, 5.41) is 5.37. The predicted octanol–water partition coefficient (Wildman–Crippen LogP) is 2.39. The third kappa shape index (κ3) is 5.37. The van der Waals surface area contributed by atoms with Crippen LogP contribution in [-0.4, -0.2) is 33.1 Å². The molecule has 26 heavy (non-hydrogen) atoms. The van der Waals surface area contributed by atoms with Gasteiger partial charge in [0.25, 0.3) is 5.91 Å². The van der Waals surface area contributed by atoms with Gasteiger partial charge in [0.15, 0.2) is 0 Å². The quantitative estimate of drug-likeness (QED) is 0.749. The Hall–Kier alpha value is -3.28. The molecule has 2 aromatic carbocycles. The van der Waals surface area contributed by atoms with Gasteiger partial charge in [-0.1, -0.05) is 12.1 Å². The summed E-state index contributed by atoms with van der Waals surface area (Å²) >= 11 is 0. The number of benzene rings is 2. The van der Waals surface area contributed by atoms with Crippen molar-refractivity contribution >= 4 is 17.9 Å². The molecule has 0 radical (unpaired) electrons. The highest BCUT2D eigenvalue weighted by Crippen LogP contribution is 2.22. The molecule has 0 unspecified atom stereocenters. The molecule has 136 valence electrons. The van der Waals surface area contributed by atoms with Gasteiger partial charge in [0.2, 0.25) is 5.91 Å². The zero-order valence-electron chi connectivity index (χ0n) is 15.0. The van der Waals surface area contributed by atoms with E-state index in [2.05, 4.69) is 10.6 Å². The first kappa shape index (κ1) is 19.1. The molecule has 0 atom stereocenters. The third-order valence-corrected chi connectivity index (χ3v) is 3.71. The first-order valence-corrected chi connectivity index (χ1v) is 8.05. The molecule has 0 spiro atoms. The highest BCUT2D eigenvalue weighted by atomic mass is 16.5. The molecule has 0 saturated carbocycles. The van der Waals surface area contributed by atoms with Gasteiger partial charge in [0.1, 0.15) is 11.5 Å². The van der Waals surface area contributed by atoms with E-state index in [0.717, 1.165) is 11.1 Å². The van der Waals surface area contributed by atoms with Crippen molar-refractivity contribution in [1.82, 2.24) is 10.6 Å². The van der Waals surface area contributed by atoms with Gasteiger partial charge in [-0.3, -0.25) is 9.59 Å². The van der Waals surface area contributed by atoms with Crippen LogP contribution in [0.2, 0.25) is 0 Å². The lowest BCUT2D eigenvalue weighted by Gasteiger charge is -2.08. The number of ether oxygens (including phenoxy) is 2. The molecule has 0 aliphatic rings. The number of hydrogen-bond donors (Lipinski definition) is 2. The largest absolute Gasteiger partial charge is 0.497 e. The van der Waals surface area contributed by atoms with Gasteiger partial charge in [-0.2, -0.15) is 0 Å². The number of amides is 2. The number of nitrogens with one attached hydrogen (secondary N) is 2. The van der Waals surface area contributed by atoms with Crippen molar-refractivity contribution in [1.29, 1.82) is 0 Å². The van der Waals surface area contributed by atoms with E-state index in [9.17, 15) is 9.59 Å². The summed E-state index contributed by atoms with van der Waals surface area (Å²) in [4.78, 5) is 23.5. The third-order valence-electron chi connectivity index (χ3n) is 3.71. The van der Waals surface area contributed by atoms with E-state index < -0.39 is 0 Å². The summed E-state index contributed by atoms with van der Waals surface area (Å²) in [5.74, 6) is 0.967. The summed E-state index contributed by atoms with van der Waals surface area (Å²) < 4.78 is 10.4. The van der Waals surface area contributed by atoms with E-state index in [1.165, 1.54) is 6.08 Å². The molecule has 2 aromatic rings. The zero-order valence-corrected chi connectivity index (χ0v) is 15.0. The molecular weight excluding hydrogens is 332 g/mol. The lowest BCUT2D eigenvalue weighted by molar-refractivity contribution is -0.116. The fourth-order valence-electron chi connectivity index (χ4n) is 2.28. The predicted molar refractivity (Wildman–Crippen MR) is 100 cm³/mol. The Balaban J connectivity index is 1.94. The minimum absolute atomic E-state index is 0.146. The van der Waals surface area contributed by atoms with Crippen molar-refractivity contribution in [2.45, 2.75) is 6.54 Å². The van der Waals surface area contributed by atoms with E-state index in [-0.39, 0.29) is 11.8 Å². The topological polar surface area (TPSA) is 76.7 Å². The van der Waals surface area contributed by atoms with Gasteiger partial charge in [-0.05, 0) is 41.5 Å². The molecule has 0 aromatic heterocycles. The smallest absolute Gasteiger partial charge is 0.251 e. The van der Waals surface area contributed by atoms with Gasteiger partial charge in [-0.15, -0.1) is 0 Å². The number of hydrogen-bond acceptors (Lipinski definition) is 4. The van der Waals surface area contributed by atoms with Crippen LogP contribution >= 0.6 is 0 Å². The maximum Gasteiger partial charge on any atom is 0.251 e. The van der Waals surface area contributed by atoms with Crippen LogP contribution in [0, 0.1) is 0 Å². The second kappa shape index (κ2) is 9.27. The van der Waals surface area contributed by atoms with Crippen LogP contribution in [0.4, 0.5) is 0 Å². The molecule has 2 amide bonds. The number of carbonyl (C=O) groups excluding carboxylic acids is 2. The number of carbonyl (C=O) groups is 2. The van der Waals surface area contributed by atoms with E-state index in [1.54, 1.807) is 57.7 Å². The normalized spacial score (nSPS) is 10.4. The maximum absolute atomic E-state index is 12.0. The molecule has 6 heteroatoms. The van der Waals surface area contributed by atoms with Gasteiger partial charge in [0, 0.05) is 31.3 Å². The monoisotopic (exact) mass is 354 g/mol. The molecule has 0 aliphatic carbocycles. The van der Waals surface area contributed by atoms with Crippen LogP contribution < -0.4 is 20.1 Å². The minimum Gasteiger partial charge on any atom is -0.497 e. The summed E-state index contributed by atoms with van der Waals surface area (Å²) in [6.07, 6.45) is 3.14. The van der Waals surface area contributed by atoms with Gasteiger partial charge in [0.05, 0.1) is 14.2 Å². The van der Waals surface area contributed by atoms with Gasteiger partial charge in [-0.25, -0.2) is 0 Å². The lowest BCUT2D eigenvalue weighted by Crippen LogP contribution is -2.20. The number of methoxy groups -OCH3 is 2. The Kier molecular flexibility index (Phi) is 6.79. The van der Waals surface area contributed by atoms with Gasteiger partial charge < -0.3 is 20.1 Å². The van der Waals surface area contributed by atoms with Crippen LogP contribution in [0.3, 0.4) is 0 Å². The summed E-state index contributed by atoms with van der Waals surface area (Å²) in [7, 11) is 4.74. The summed E-state index contributed by atoms with van der Waals surface area (Å²) in [6.45, 7) is 0.354. The molecule has 0 aliphatic heterocycles. The molecule has 0 fully saturated rings. The average molecular weight is 354 g/mol. The zero-order chi connectivity index (χ0) is 18.9. The Morgan fingerprint density at radius 2 is 1.62 bits per heavy atom. The van der Waals surface area contributed by atoms with Crippen molar-refractivity contribution in [2.75, 3.05) is 21.3 Å². The first-order valence-electron chi connectivity index (χ1n) is 8.05. The van der Waals surface area contributed by atoms with Crippen molar-refractivity contribution in [3.63, 3.8) is 0 Å². The van der Waals surface area contributed by atoms with E-state index in [1.807, 2.05) is 12.1 Å². The summed E-state index contributed by atoms with van der Waals surface area (Å²) in [6, 6.07) is 12.4. The molecule has 0 bridgehead atoms. The summed E-state index contributed by atoms with van der Waals surface area (Å²) in [5.41, 5.74) is 2.27. The SMILES string of the molecule is CNC(=O)c1ccc(/C=C/C(=O)NCc2cc(OC)cc(OC)c2)cc1. The van der Waals surface area contributed by atoms with E-state index >= 15 is 0 Å². The number of rotatable bonds is 7. The molecule has 0 heterocycles. The maximum atomic E-state index is 12.0. The van der Waals surface area contributed by atoms with Crippen molar-refractivity contribution in [2.24, 2.45) is 0 Å². The van der Waals surface area contributed by atoms with Crippen molar-refractivity contribution in [3.8, 4) is 11.5 Å². The fraction of sp³-hybridized carbons (Fsp3) is 0.200. The van der Waals surface area contributed by atoms with E-state index in [0.29, 0.717) is 23.6 Å². The Labute approximate surface area is 152 Å². The second-order valence-corrected chi connectivity index (χ2v) is 5.47. The molecule has 0 saturated heterocycles. The fourth-order valence-corrected chi connectivity index (χ4v) is 2.28. The average Bonchev–Trinajstić information content (AvgIpc) is 2.70. The van der Waals surface area contributed by atoms with Gasteiger partial charge >= 0.3 is 0 Å². The van der Waals surface area contributed by atoms with Crippen LogP contribution in [-0.2, 0) is 11.3 Å². The van der Waals surface area contributed by atoms with Crippen LogP contribution in [0.5, 0.6) is 11.5 Å².